The minimum absolute atomic E-state index is 0.0994. The molecule has 2 aromatic rings. The van der Waals surface area contributed by atoms with Crippen molar-refractivity contribution in [3.05, 3.63) is 34.6 Å². The molecule has 164 valence electrons. The number of urea groups is 1. The molecular weight excluding hydrogens is 400 g/mol. The number of benzene rings is 1. The summed E-state index contributed by atoms with van der Waals surface area (Å²) < 4.78 is 1.65. The van der Waals surface area contributed by atoms with E-state index in [1.807, 2.05) is 32.9 Å². The summed E-state index contributed by atoms with van der Waals surface area (Å²) in [5, 5.41) is 5.54. The number of imide groups is 1. The summed E-state index contributed by atoms with van der Waals surface area (Å²) in [5.41, 5.74) is 0.0603. The fraction of sp³-hybridized carbons (Fsp3) is 0.545. The van der Waals surface area contributed by atoms with Gasteiger partial charge in [-0.05, 0) is 46.2 Å². The lowest BCUT2D eigenvalue weighted by molar-refractivity contribution is -0.119. The zero-order chi connectivity index (χ0) is 22.3. The summed E-state index contributed by atoms with van der Waals surface area (Å²) in [4.78, 5) is 42.2. The number of carbonyl (C=O) groups is 2. The zero-order valence-electron chi connectivity index (χ0n) is 18.4. The number of aromatic nitrogens is 2. The molecule has 0 saturated heterocycles. The quantitative estimate of drug-likeness (QED) is 0.372. The van der Waals surface area contributed by atoms with Gasteiger partial charge in [-0.25, -0.2) is 9.78 Å². The van der Waals surface area contributed by atoms with E-state index in [0.29, 0.717) is 22.6 Å². The molecule has 1 heterocycles. The number of amides is 3. The van der Waals surface area contributed by atoms with Gasteiger partial charge in [-0.15, -0.1) is 0 Å². The zero-order valence-corrected chi connectivity index (χ0v) is 19.3. The van der Waals surface area contributed by atoms with Crippen LogP contribution in [0, 0.1) is 0 Å². The van der Waals surface area contributed by atoms with Gasteiger partial charge in [0.1, 0.15) is 0 Å². The molecule has 0 aliphatic rings. The second-order valence-electron chi connectivity index (χ2n) is 8.38. The predicted octanol–water partition coefficient (Wildman–Crippen LogP) is 4.08. The van der Waals surface area contributed by atoms with Gasteiger partial charge in [0.05, 0.1) is 16.2 Å². The van der Waals surface area contributed by atoms with Crippen molar-refractivity contribution >= 4 is 34.6 Å². The number of nitrogens with zero attached hydrogens (tertiary/aromatic N) is 2. The average Bonchev–Trinajstić information content (AvgIpc) is 2.65. The first kappa shape index (κ1) is 23.9. The number of unbranched alkanes of at least 4 members (excludes halogenated alkanes) is 3. The first-order valence-corrected chi connectivity index (χ1v) is 11.3. The standard InChI is InChI=1S/C22H32N4O3S/c1-6-7-8-11-14-26-19(28)16-12-9-10-13-17(16)23-21(26)30-15(2)18(27)24-20(29)25-22(3,4)5/h9-10,12-13,15H,6-8,11,14H2,1-5H3,(H2,24,25,27,29). The van der Waals surface area contributed by atoms with Crippen LogP contribution < -0.4 is 16.2 Å². The van der Waals surface area contributed by atoms with Crippen LogP contribution in [0.2, 0.25) is 0 Å². The molecule has 7 nitrogen and oxygen atoms in total. The molecule has 1 atom stereocenters. The van der Waals surface area contributed by atoms with E-state index in [0.717, 1.165) is 25.7 Å². The van der Waals surface area contributed by atoms with Gasteiger partial charge < -0.3 is 5.32 Å². The van der Waals surface area contributed by atoms with E-state index in [1.54, 1.807) is 23.6 Å². The van der Waals surface area contributed by atoms with Gasteiger partial charge in [0.25, 0.3) is 5.56 Å². The Labute approximate surface area is 182 Å². The molecule has 0 aliphatic carbocycles. The fourth-order valence-corrected chi connectivity index (χ4v) is 3.86. The highest BCUT2D eigenvalue weighted by Gasteiger charge is 2.22. The van der Waals surface area contributed by atoms with E-state index in [-0.39, 0.29) is 5.56 Å². The minimum atomic E-state index is -0.592. The molecule has 3 amide bonds. The van der Waals surface area contributed by atoms with E-state index in [9.17, 15) is 14.4 Å². The Morgan fingerprint density at radius 2 is 1.87 bits per heavy atom. The molecule has 30 heavy (non-hydrogen) atoms. The van der Waals surface area contributed by atoms with Gasteiger partial charge in [-0.2, -0.15) is 0 Å². The number of hydrogen-bond acceptors (Lipinski definition) is 5. The molecule has 2 rings (SSSR count). The highest BCUT2D eigenvalue weighted by Crippen LogP contribution is 2.23. The first-order valence-electron chi connectivity index (χ1n) is 10.4. The number of fused-ring (bicyclic) bond motifs is 1. The van der Waals surface area contributed by atoms with Gasteiger partial charge in [0.2, 0.25) is 5.91 Å². The average molecular weight is 433 g/mol. The third-order valence-electron chi connectivity index (χ3n) is 4.44. The summed E-state index contributed by atoms with van der Waals surface area (Å²) in [6.45, 7) is 9.91. The molecule has 0 radical (unpaired) electrons. The number of hydrogen-bond donors (Lipinski definition) is 2. The van der Waals surface area contributed by atoms with Crippen molar-refractivity contribution in [3.63, 3.8) is 0 Å². The number of thioether (sulfide) groups is 1. The molecule has 0 fully saturated rings. The van der Waals surface area contributed by atoms with Crippen LogP contribution in [0.5, 0.6) is 0 Å². The van der Waals surface area contributed by atoms with Crippen molar-refractivity contribution in [1.29, 1.82) is 0 Å². The third-order valence-corrected chi connectivity index (χ3v) is 5.53. The maximum atomic E-state index is 13.0. The Balaban J connectivity index is 2.22. The van der Waals surface area contributed by atoms with Crippen molar-refractivity contribution in [2.75, 3.05) is 0 Å². The van der Waals surface area contributed by atoms with Crippen molar-refractivity contribution in [1.82, 2.24) is 20.2 Å². The van der Waals surface area contributed by atoms with E-state index in [1.165, 1.54) is 11.8 Å². The number of para-hydroxylation sites is 1. The normalized spacial score (nSPS) is 12.6. The Hall–Kier alpha value is -2.35. The molecule has 1 aromatic carbocycles. The van der Waals surface area contributed by atoms with Gasteiger partial charge >= 0.3 is 6.03 Å². The third kappa shape index (κ3) is 6.86. The van der Waals surface area contributed by atoms with E-state index < -0.39 is 22.7 Å². The maximum absolute atomic E-state index is 13.0. The monoisotopic (exact) mass is 432 g/mol. The largest absolute Gasteiger partial charge is 0.333 e. The maximum Gasteiger partial charge on any atom is 0.321 e. The molecular formula is C22H32N4O3S. The van der Waals surface area contributed by atoms with Crippen LogP contribution >= 0.6 is 11.8 Å². The summed E-state index contributed by atoms with van der Waals surface area (Å²) in [6, 6.07) is 6.69. The van der Waals surface area contributed by atoms with Gasteiger partial charge in [0.15, 0.2) is 5.16 Å². The molecule has 0 bridgehead atoms. The van der Waals surface area contributed by atoms with Crippen molar-refractivity contribution in [2.24, 2.45) is 0 Å². The smallest absolute Gasteiger partial charge is 0.321 e. The van der Waals surface area contributed by atoms with Crippen LogP contribution in [-0.4, -0.2) is 32.3 Å². The van der Waals surface area contributed by atoms with Crippen LogP contribution in [-0.2, 0) is 11.3 Å². The van der Waals surface area contributed by atoms with E-state index >= 15 is 0 Å². The van der Waals surface area contributed by atoms with Crippen LogP contribution in [0.3, 0.4) is 0 Å². The summed E-state index contributed by atoms with van der Waals surface area (Å²) >= 11 is 1.19. The summed E-state index contributed by atoms with van der Waals surface area (Å²) in [7, 11) is 0. The van der Waals surface area contributed by atoms with Crippen LogP contribution in [0.25, 0.3) is 10.9 Å². The van der Waals surface area contributed by atoms with Crippen molar-refractivity contribution < 1.29 is 9.59 Å². The summed E-state index contributed by atoms with van der Waals surface area (Å²) in [5.74, 6) is -0.429. The highest BCUT2D eigenvalue weighted by molar-refractivity contribution is 8.00. The second kappa shape index (κ2) is 10.6. The highest BCUT2D eigenvalue weighted by atomic mass is 32.2. The van der Waals surface area contributed by atoms with Crippen LogP contribution in [0.1, 0.15) is 60.3 Å². The van der Waals surface area contributed by atoms with Crippen molar-refractivity contribution in [2.45, 2.75) is 82.8 Å². The molecule has 1 aromatic heterocycles. The fourth-order valence-electron chi connectivity index (χ4n) is 2.93. The number of nitrogens with one attached hydrogen (secondary N) is 2. The first-order chi connectivity index (χ1) is 14.1. The molecule has 0 spiro atoms. The Morgan fingerprint density at radius 1 is 1.17 bits per heavy atom. The van der Waals surface area contributed by atoms with Crippen LogP contribution in [0.15, 0.2) is 34.2 Å². The van der Waals surface area contributed by atoms with Gasteiger partial charge in [-0.3, -0.25) is 19.5 Å². The van der Waals surface area contributed by atoms with Crippen LogP contribution in [0.4, 0.5) is 4.79 Å². The van der Waals surface area contributed by atoms with E-state index in [4.69, 9.17) is 0 Å². The Bertz CT molecular complexity index is 950. The van der Waals surface area contributed by atoms with Gasteiger partial charge in [-0.1, -0.05) is 50.1 Å². The molecule has 0 aliphatic heterocycles. The SMILES string of the molecule is CCCCCCn1c(SC(C)C(=O)NC(=O)NC(C)(C)C)nc2ccccc2c1=O. The lowest BCUT2D eigenvalue weighted by atomic mass is 10.1. The lowest BCUT2D eigenvalue weighted by Crippen LogP contribution is -2.49. The van der Waals surface area contributed by atoms with E-state index in [2.05, 4.69) is 22.5 Å². The lowest BCUT2D eigenvalue weighted by Gasteiger charge is -2.21. The number of rotatable bonds is 8. The molecule has 8 heteroatoms. The predicted molar refractivity (Wildman–Crippen MR) is 122 cm³/mol. The molecule has 0 saturated carbocycles. The number of carbonyl (C=O) groups excluding carboxylic acids is 2. The molecule has 2 N–H and O–H groups in total. The summed E-state index contributed by atoms with van der Waals surface area (Å²) in [6.07, 6.45) is 4.12. The van der Waals surface area contributed by atoms with Gasteiger partial charge in [0, 0.05) is 12.1 Å². The molecule has 1 unspecified atom stereocenters. The minimum Gasteiger partial charge on any atom is -0.333 e. The second-order valence-corrected chi connectivity index (χ2v) is 9.69. The Kier molecular flexibility index (Phi) is 8.46. The topological polar surface area (TPSA) is 93.1 Å². The van der Waals surface area contributed by atoms with Crippen molar-refractivity contribution in [3.8, 4) is 0 Å². The Morgan fingerprint density at radius 3 is 2.53 bits per heavy atom.